The molecular weight excluding hydrogens is 280 g/mol. The van der Waals surface area contributed by atoms with Crippen LogP contribution < -0.4 is 5.73 Å². The van der Waals surface area contributed by atoms with Crippen molar-refractivity contribution in [2.75, 3.05) is 19.6 Å². The largest absolute Gasteiger partial charge is 0.329 e. The van der Waals surface area contributed by atoms with E-state index in [-0.39, 0.29) is 0 Å². The second kappa shape index (κ2) is 14.7. The van der Waals surface area contributed by atoms with Crippen LogP contribution in [0.4, 0.5) is 0 Å². The molecule has 23 heavy (non-hydrogen) atoms. The maximum absolute atomic E-state index is 5.76. The Labute approximate surface area is 144 Å². The minimum atomic E-state index is 0.755. The SMILES string of the molecule is CCCCCCCCCCCCN(CCN)Cc1ccccc1. The highest BCUT2D eigenvalue weighted by Gasteiger charge is 2.04. The van der Waals surface area contributed by atoms with E-state index in [9.17, 15) is 0 Å². The van der Waals surface area contributed by atoms with Crippen molar-refractivity contribution < 1.29 is 0 Å². The van der Waals surface area contributed by atoms with Crippen molar-refractivity contribution in [1.82, 2.24) is 4.90 Å². The molecule has 0 atom stereocenters. The quantitative estimate of drug-likeness (QED) is 0.441. The molecule has 0 saturated heterocycles. The fraction of sp³-hybridized carbons (Fsp3) is 0.714. The zero-order valence-electron chi connectivity index (χ0n) is 15.3. The molecule has 0 fully saturated rings. The Hall–Kier alpha value is -0.860. The number of nitrogens with two attached hydrogens (primary N) is 1. The van der Waals surface area contributed by atoms with Crippen LogP contribution in [0.2, 0.25) is 0 Å². The summed E-state index contributed by atoms with van der Waals surface area (Å²) in [7, 11) is 0. The van der Waals surface area contributed by atoms with Gasteiger partial charge in [0.1, 0.15) is 0 Å². The zero-order valence-corrected chi connectivity index (χ0v) is 15.3. The number of rotatable bonds is 15. The standard InChI is InChI=1S/C21H38N2/c1-2-3-4-5-6-7-8-9-10-14-18-23(19-17-22)20-21-15-12-11-13-16-21/h11-13,15-16H,2-10,14,17-20,22H2,1H3. The van der Waals surface area contributed by atoms with Gasteiger partial charge in [-0.2, -0.15) is 0 Å². The molecule has 0 aliphatic carbocycles. The number of benzene rings is 1. The van der Waals surface area contributed by atoms with E-state index < -0.39 is 0 Å². The molecular formula is C21H38N2. The van der Waals surface area contributed by atoms with Gasteiger partial charge in [-0.25, -0.2) is 0 Å². The molecule has 1 rings (SSSR count). The molecule has 2 nitrogen and oxygen atoms in total. The van der Waals surface area contributed by atoms with Gasteiger partial charge < -0.3 is 5.73 Å². The van der Waals surface area contributed by atoms with Gasteiger partial charge in [-0.1, -0.05) is 95.0 Å². The molecule has 2 N–H and O–H groups in total. The minimum absolute atomic E-state index is 0.755. The van der Waals surface area contributed by atoms with Crippen LogP contribution in [0.5, 0.6) is 0 Å². The van der Waals surface area contributed by atoms with Crippen LogP contribution >= 0.6 is 0 Å². The average molecular weight is 319 g/mol. The van der Waals surface area contributed by atoms with E-state index in [1.54, 1.807) is 0 Å². The number of hydrogen-bond donors (Lipinski definition) is 1. The summed E-state index contributed by atoms with van der Waals surface area (Å²) >= 11 is 0. The summed E-state index contributed by atoms with van der Waals surface area (Å²) in [5, 5.41) is 0. The van der Waals surface area contributed by atoms with Crippen LogP contribution in [0.3, 0.4) is 0 Å². The summed E-state index contributed by atoms with van der Waals surface area (Å²) in [6.07, 6.45) is 14.0. The number of unbranched alkanes of at least 4 members (excludes halogenated alkanes) is 9. The van der Waals surface area contributed by atoms with Gasteiger partial charge in [0, 0.05) is 19.6 Å². The lowest BCUT2D eigenvalue weighted by Crippen LogP contribution is -2.30. The molecule has 0 aliphatic rings. The second-order valence-electron chi connectivity index (χ2n) is 6.73. The molecule has 0 unspecified atom stereocenters. The Balaban J connectivity index is 2.02. The van der Waals surface area contributed by atoms with Gasteiger partial charge in [-0.3, -0.25) is 4.90 Å². The normalized spacial score (nSPS) is 11.3. The van der Waals surface area contributed by atoms with Crippen molar-refractivity contribution >= 4 is 0 Å². The molecule has 1 aromatic carbocycles. The van der Waals surface area contributed by atoms with Crippen LogP contribution in [0.15, 0.2) is 30.3 Å². The Morgan fingerprint density at radius 1 is 0.739 bits per heavy atom. The van der Waals surface area contributed by atoms with E-state index in [4.69, 9.17) is 5.73 Å². The predicted octanol–water partition coefficient (Wildman–Crippen LogP) is 5.37. The summed E-state index contributed by atoms with van der Waals surface area (Å²) in [5.41, 5.74) is 7.16. The van der Waals surface area contributed by atoms with Gasteiger partial charge in [0.15, 0.2) is 0 Å². The highest BCUT2D eigenvalue weighted by molar-refractivity contribution is 5.14. The molecule has 0 radical (unpaired) electrons. The first-order chi connectivity index (χ1) is 11.4. The molecule has 1 aromatic rings. The van der Waals surface area contributed by atoms with Gasteiger partial charge in [0.25, 0.3) is 0 Å². The first-order valence-electron chi connectivity index (χ1n) is 9.83. The molecule has 0 bridgehead atoms. The molecule has 0 saturated carbocycles. The van der Waals surface area contributed by atoms with Crippen LogP contribution in [0.25, 0.3) is 0 Å². The predicted molar refractivity (Wildman–Crippen MR) is 103 cm³/mol. The monoisotopic (exact) mass is 318 g/mol. The molecule has 0 heterocycles. The Morgan fingerprint density at radius 2 is 1.30 bits per heavy atom. The molecule has 0 aromatic heterocycles. The highest BCUT2D eigenvalue weighted by Crippen LogP contribution is 2.11. The first kappa shape index (κ1) is 20.2. The van der Waals surface area contributed by atoms with E-state index in [0.717, 1.165) is 19.6 Å². The Bertz CT molecular complexity index is 350. The van der Waals surface area contributed by atoms with Crippen LogP contribution in [0.1, 0.15) is 76.7 Å². The summed E-state index contributed by atoms with van der Waals surface area (Å²) in [6.45, 7) is 6.26. The van der Waals surface area contributed by atoms with E-state index >= 15 is 0 Å². The highest BCUT2D eigenvalue weighted by atomic mass is 15.1. The maximum Gasteiger partial charge on any atom is 0.0234 e. The third-order valence-electron chi connectivity index (χ3n) is 4.52. The minimum Gasteiger partial charge on any atom is -0.329 e. The Kier molecular flexibility index (Phi) is 12.9. The van der Waals surface area contributed by atoms with E-state index in [2.05, 4.69) is 42.2 Å². The van der Waals surface area contributed by atoms with Gasteiger partial charge in [0.05, 0.1) is 0 Å². The summed E-state index contributed by atoms with van der Waals surface area (Å²) < 4.78 is 0. The van der Waals surface area contributed by atoms with Gasteiger partial charge in [0.2, 0.25) is 0 Å². The van der Waals surface area contributed by atoms with Crippen molar-refractivity contribution in [3.63, 3.8) is 0 Å². The van der Waals surface area contributed by atoms with Gasteiger partial charge in [-0.15, -0.1) is 0 Å². The fourth-order valence-corrected chi connectivity index (χ4v) is 3.12. The molecule has 132 valence electrons. The third-order valence-corrected chi connectivity index (χ3v) is 4.52. The lowest BCUT2D eigenvalue weighted by Gasteiger charge is -2.21. The zero-order chi connectivity index (χ0) is 16.6. The van der Waals surface area contributed by atoms with Gasteiger partial charge >= 0.3 is 0 Å². The lowest BCUT2D eigenvalue weighted by atomic mass is 10.1. The average Bonchev–Trinajstić information content (AvgIpc) is 2.57. The molecule has 0 amide bonds. The number of hydrogen-bond acceptors (Lipinski definition) is 2. The smallest absolute Gasteiger partial charge is 0.0234 e. The number of nitrogens with zero attached hydrogens (tertiary/aromatic N) is 1. The molecule has 2 heteroatoms. The molecule has 0 spiro atoms. The van der Waals surface area contributed by atoms with Crippen molar-refractivity contribution in [2.24, 2.45) is 5.73 Å². The topological polar surface area (TPSA) is 29.3 Å². The lowest BCUT2D eigenvalue weighted by molar-refractivity contribution is 0.265. The van der Waals surface area contributed by atoms with Crippen molar-refractivity contribution in [2.45, 2.75) is 77.7 Å². The van der Waals surface area contributed by atoms with Gasteiger partial charge in [-0.05, 0) is 18.5 Å². The van der Waals surface area contributed by atoms with Crippen LogP contribution in [-0.2, 0) is 6.54 Å². The molecule has 0 aliphatic heterocycles. The Morgan fingerprint density at radius 3 is 1.87 bits per heavy atom. The van der Waals surface area contributed by atoms with Crippen molar-refractivity contribution in [1.29, 1.82) is 0 Å². The third kappa shape index (κ3) is 11.3. The fourth-order valence-electron chi connectivity index (χ4n) is 3.12. The second-order valence-corrected chi connectivity index (χ2v) is 6.73. The van der Waals surface area contributed by atoms with Crippen molar-refractivity contribution in [3.8, 4) is 0 Å². The van der Waals surface area contributed by atoms with E-state index in [1.807, 2.05) is 0 Å². The first-order valence-corrected chi connectivity index (χ1v) is 9.83. The van der Waals surface area contributed by atoms with E-state index in [1.165, 1.54) is 76.3 Å². The van der Waals surface area contributed by atoms with Crippen LogP contribution in [-0.4, -0.2) is 24.5 Å². The summed E-state index contributed by atoms with van der Waals surface area (Å²) in [5.74, 6) is 0. The maximum atomic E-state index is 5.76. The summed E-state index contributed by atoms with van der Waals surface area (Å²) in [6, 6.07) is 10.7. The van der Waals surface area contributed by atoms with Crippen molar-refractivity contribution in [3.05, 3.63) is 35.9 Å². The van der Waals surface area contributed by atoms with E-state index in [0.29, 0.717) is 0 Å². The summed E-state index contributed by atoms with van der Waals surface area (Å²) in [4.78, 5) is 2.50. The van der Waals surface area contributed by atoms with Crippen LogP contribution in [0, 0.1) is 0 Å².